The summed E-state index contributed by atoms with van der Waals surface area (Å²) >= 11 is 1.71. The molecular formula is C17H22Cl2N2O3S. The molecule has 3 rings (SSSR count). The summed E-state index contributed by atoms with van der Waals surface area (Å²) in [6.45, 7) is 5.14. The first-order chi connectivity index (χ1) is 11.1. The molecule has 0 unspecified atom stereocenters. The number of hydrogen-bond donors (Lipinski definition) is 2. The molecule has 1 aromatic heterocycles. The van der Waals surface area contributed by atoms with Gasteiger partial charge in [0.2, 0.25) is 0 Å². The summed E-state index contributed by atoms with van der Waals surface area (Å²) in [5, 5.41) is 15.6. The lowest BCUT2D eigenvalue weighted by Gasteiger charge is -2.34. The lowest BCUT2D eigenvalue weighted by Crippen LogP contribution is -2.45. The lowest BCUT2D eigenvalue weighted by atomic mass is 10.0. The van der Waals surface area contributed by atoms with Crippen molar-refractivity contribution < 1.29 is 14.6 Å². The van der Waals surface area contributed by atoms with E-state index in [0.29, 0.717) is 0 Å². The minimum absolute atomic E-state index is 0. The van der Waals surface area contributed by atoms with Crippen molar-refractivity contribution in [1.29, 1.82) is 0 Å². The van der Waals surface area contributed by atoms with E-state index in [1.165, 1.54) is 11.8 Å². The molecule has 0 bridgehead atoms. The Hall–Kier alpha value is -1.31. The second kappa shape index (κ2) is 9.99. The second-order valence-corrected chi connectivity index (χ2v) is 6.50. The number of thiophene rings is 1. The number of aromatic hydroxyl groups is 1. The molecule has 5 nitrogen and oxygen atoms in total. The monoisotopic (exact) mass is 404 g/mol. The number of benzene rings is 1. The third kappa shape index (κ3) is 5.33. The van der Waals surface area contributed by atoms with E-state index >= 15 is 0 Å². The molecule has 25 heavy (non-hydrogen) atoms. The quantitative estimate of drug-likeness (QED) is 0.604. The van der Waals surface area contributed by atoms with Crippen LogP contribution in [-0.2, 0) is 4.79 Å². The zero-order valence-electron chi connectivity index (χ0n) is 13.8. The van der Waals surface area contributed by atoms with Gasteiger partial charge < -0.3 is 15.2 Å². The number of ether oxygens (including phenoxy) is 1. The average Bonchev–Trinajstić information content (AvgIpc) is 3.05. The summed E-state index contributed by atoms with van der Waals surface area (Å²) in [6, 6.07) is 9.55. The summed E-state index contributed by atoms with van der Waals surface area (Å²) in [5.41, 5.74) is 1.00. The number of esters is 1. The molecule has 1 fully saturated rings. The maximum Gasteiger partial charge on any atom is 0.308 e. The molecule has 0 saturated carbocycles. The Morgan fingerprint density at radius 3 is 2.56 bits per heavy atom. The summed E-state index contributed by atoms with van der Waals surface area (Å²) in [5.74, 6) is -0.245. The van der Waals surface area contributed by atoms with Crippen molar-refractivity contribution in [2.45, 2.75) is 13.0 Å². The Bertz CT molecular complexity index is 677. The molecule has 2 N–H and O–H groups in total. The third-order valence-electron chi connectivity index (χ3n) is 3.88. The highest BCUT2D eigenvalue weighted by Gasteiger charge is 2.25. The first-order valence-corrected chi connectivity index (χ1v) is 8.52. The van der Waals surface area contributed by atoms with E-state index in [2.05, 4.69) is 21.7 Å². The van der Waals surface area contributed by atoms with Gasteiger partial charge in [0.05, 0.1) is 6.04 Å². The molecule has 1 aliphatic heterocycles. The van der Waals surface area contributed by atoms with Gasteiger partial charge in [0, 0.05) is 38.0 Å². The third-order valence-corrected chi connectivity index (χ3v) is 4.81. The van der Waals surface area contributed by atoms with Gasteiger partial charge in [0.25, 0.3) is 0 Å². The molecule has 0 aliphatic carbocycles. The number of phenols is 1. The van der Waals surface area contributed by atoms with E-state index in [1.807, 2.05) is 12.1 Å². The van der Waals surface area contributed by atoms with Crippen molar-refractivity contribution in [3.8, 4) is 11.5 Å². The SMILES string of the molecule is CC(=O)Oc1ccc([C@H](c2cccs2)N2CCNCC2)cc1O.Cl.Cl. The molecule has 8 heteroatoms. The standard InChI is InChI=1S/C17H20N2O3S.2ClH/c1-12(20)22-15-5-4-13(11-14(15)21)17(16-3-2-10-23-16)19-8-6-18-7-9-19;;/h2-5,10-11,17-18,21H,6-9H2,1H3;2*1H/t17-;;/m1../s1. The number of phenolic OH excluding ortho intramolecular Hbond substituents is 1. The Morgan fingerprint density at radius 2 is 2.00 bits per heavy atom. The lowest BCUT2D eigenvalue weighted by molar-refractivity contribution is -0.132. The fourth-order valence-corrected chi connectivity index (χ4v) is 3.77. The molecular weight excluding hydrogens is 383 g/mol. The van der Waals surface area contributed by atoms with Crippen molar-refractivity contribution in [1.82, 2.24) is 10.2 Å². The van der Waals surface area contributed by atoms with Gasteiger partial charge in [-0.25, -0.2) is 0 Å². The fraction of sp³-hybridized carbons (Fsp3) is 0.353. The van der Waals surface area contributed by atoms with Crippen molar-refractivity contribution in [2.75, 3.05) is 26.2 Å². The molecule has 1 atom stereocenters. The van der Waals surface area contributed by atoms with E-state index in [1.54, 1.807) is 23.5 Å². The van der Waals surface area contributed by atoms with Crippen LogP contribution in [0.1, 0.15) is 23.4 Å². The van der Waals surface area contributed by atoms with E-state index in [9.17, 15) is 9.90 Å². The molecule has 2 aromatic rings. The minimum Gasteiger partial charge on any atom is -0.504 e. The van der Waals surface area contributed by atoms with Crippen LogP contribution in [0.3, 0.4) is 0 Å². The van der Waals surface area contributed by atoms with E-state index in [4.69, 9.17) is 4.74 Å². The van der Waals surface area contributed by atoms with Crippen molar-refractivity contribution >= 4 is 42.1 Å². The topological polar surface area (TPSA) is 61.8 Å². The number of rotatable bonds is 4. The van der Waals surface area contributed by atoms with Gasteiger partial charge in [-0.1, -0.05) is 12.1 Å². The number of carbonyl (C=O) groups is 1. The van der Waals surface area contributed by atoms with E-state index in [0.717, 1.165) is 31.7 Å². The molecule has 0 amide bonds. The zero-order valence-corrected chi connectivity index (χ0v) is 16.3. The van der Waals surface area contributed by atoms with Crippen LogP contribution in [0.2, 0.25) is 0 Å². The first kappa shape index (κ1) is 21.7. The van der Waals surface area contributed by atoms with Gasteiger partial charge in [-0.3, -0.25) is 9.69 Å². The van der Waals surface area contributed by atoms with Gasteiger partial charge in [-0.05, 0) is 29.1 Å². The summed E-state index contributed by atoms with van der Waals surface area (Å²) in [4.78, 5) is 14.7. The van der Waals surface area contributed by atoms with Crippen LogP contribution in [0.25, 0.3) is 0 Å². The van der Waals surface area contributed by atoms with Crippen LogP contribution in [0.15, 0.2) is 35.7 Å². The Kier molecular flexibility index (Phi) is 8.68. The average molecular weight is 405 g/mol. The van der Waals surface area contributed by atoms with Crippen LogP contribution < -0.4 is 10.1 Å². The number of piperazine rings is 1. The molecule has 138 valence electrons. The summed E-state index contributed by atoms with van der Waals surface area (Å²) < 4.78 is 5.01. The van der Waals surface area contributed by atoms with Crippen molar-refractivity contribution in [2.24, 2.45) is 0 Å². The van der Waals surface area contributed by atoms with Gasteiger partial charge in [-0.2, -0.15) is 0 Å². The predicted octanol–water partition coefficient (Wildman–Crippen LogP) is 3.22. The van der Waals surface area contributed by atoms with Crippen LogP contribution in [-0.4, -0.2) is 42.2 Å². The summed E-state index contributed by atoms with van der Waals surface area (Å²) in [7, 11) is 0. The maximum absolute atomic E-state index is 11.1. The van der Waals surface area contributed by atoms with Gasteiger partial charge in [0.1, 0.15) is 0 Å². The molecule has 0 spiro atoms. The van der Waals surface area contributed by atoms with Gasteiger partial charge in [0.15, 0.2) is 11.5 Å². The highest BCUT2D eigenvalue weighted by Crippen LogP contribution is 2.36. The minimum atomic E-state index is -0.440. The molecule has 1 saturated heterocycles. The first-order valence-electron chi connectivity index (χ1n) is 7.64. The Morgan fingerprint density at radius 1 is 1.28 bits per heavy atom. The van der Waals surface area contributed by atoms with Gasteiger partial charge >= 0.3 is 5.97 Å². The smallest absolute Gasteiger partial charge is 0.308 e. The largest absolute Gasteiger partial charge is 0.504 e. The molecule has 1 aromatic carbocycles. The number of nitrogens with one attached hydrogen (secondary N) is 1. The second-order valence-electron chi connectivity index (χ2n) is 5.52. The van der Waals surface area contributed by atoms with Crippen LogP contribution in [0.4, 0.5) is 0 Å². The van der Waals surface area contributed by atoms with E-state index < -0.39 is 5.97 Å². The predicted molar refractivity (Wildman–Crippen MR) is 105 cm³/mol. The number of halogens is 2. The highest BCUT2D eigenvalue weighted by atomic mass is 35.5. The zero-order chi connectivity index (χ0) is 16.2. The van der Waals surface area contributed by atoms with Gasteiger partial charge in [-0.15, -0.1) is 36.2 Å². The van der Waals surface area contributed by atoms with Crippen molar-refractivity contribution in [3.63, 3.8) is 0 Å². The van der Waals surface area contributed by atoms with E-state index in [-0.39, 0.29) is 42.4 Å². The summed E-state index contributed by atoms with van der Waals surface area (Å²) in [6.07, 6.45) is 0. The Labute approximate surface area is 163 Å². The van der Waals surface area contributed by atoms with Crippen LogP contribution in [0.5, 0.6) is 11.5 Å². The molecule has 0 radical (unpaired) electrons. The molecule has 1 aliphatic rings. The van der Waals surface area contributed by atoms with Crippen molar-refractivity contribution in [3.05, 3.63) is 46.2 Å². The fourth-order valence-electron chi connectivity index (χ4n) is 2.89. The Balaban J connectivity index is 0.00000156. The van der Waals surface area contributed by atoms with Crippen LogP contribution in [0, 0.1) is 0 Å². The molecule has 2 heterocycles. The number of carbonyl (C=O) groups excluding carboxylic acids is 1. The maximum atomic E-state index is 11.1. The highest BCUT2D eigenvalue weighted by molar-refractivity contribution is 7.10. The number of hydrogen-bond acceptors (Lipinski definition) is 6. The normalized spacial score (nSPS) is 15.6. The van der Waals surface area contributed by atoms with Crippen LogP contribution >= 0.6 is 36.2 Å². The number of nitrogens with zero attached hydrogens (tertiary/aromatic N) is 1.